The summed E-state index contributed by atoms with van der Waals surface area (Å²) in [5, 5.41) is 20.8. The normalized spacial score (nSPS) is 11.0. The highest BCUT2D eigenvalue weighted by atomic mass is 35.5. The minimum atomic E-state index is -4.79. The molecule has 0 aliphatic rings. The van der Waals surface area contributed by atoms with Gasteiger partial charge in [-0.3, -0.25) is 14.6 Å². The molecule has 0 saturated carbocycles. The number of hydrogen-bond donors (Lipinski definition) is 2. The molecule has 0 unspecified atom stereocenters. The van der Waals surface area contributed by atoms with E-state index in [0.29, 0.717) is 6.07 Å². The first-order valence-corrected chi connectivity index (χ1v) is 11.6. The second-order valence-electron chi connectivity index (χ2n) is 8.00. The fraction of sp³-hybridized carbons (Fsp3) is 0.231. The largest absolute Gasteiger partial charge is 0.496 e. The summed E-state index contributed by atoms with van der Waals surface area (Å²) in [5.41, 5.74) is -1.82. The summed E-state index contributed by atoms with van der Waals surface area (Å²) >= 11 is 6.36. The first kappa shape index (κ1) is 29.2. The van der Waals surface area contributed by atoms with Crippen LogP contribution in [-0.2, 0) is 17.5 Å². The van der Waals surface area contributed by atoms with Gasteiger partial charge in [0.05, 0.1) is 35.9 Å². The van der Waals surface area contributed by atoms with Gasteiger partial charge >= 0.3 is 12.1 Å². The van der Waals surface area contributed by atoms with Crippen molar-refractivity contribution >= 4 is 23.5 Å². The van der Waals surface area contributed by atoms with Gasteiger partial charge in [-0.05, 0) is 30.7 Å². The van der Waals surface area contributed by atoms with Gasteiger partial charge in [0.15, 0.2) is 0 Å². The molecule has 2 N–H and O–H groups in total. The number of carbonyl (C=O) groups excluding carboxylic acids is 1. The average molecular weight is 566 g/mol. The lowest BCUT2D eigenvalue weighted by atomic mass is 9.98. The second kappa shape index (κ2) is 12.4. The van der Waals surface area contributed by atoms with Crippen molar-refractivity contribution < 1.29 is 41.7 Å². The Morgan fingerprint density at radius 3 is 2.56 bits per heavy atom. The maximum atomic E-state index is 14.3. The molecule has 0 bridgehead atoms. The summed E-state index contributed by atoms with van der Waals surface area (Å²) in [4.78, 5) is 27.4. The summed E-state index contributed by atoms with van der Waals surface area (Å²) < 4.78 is 64.4. The molecule has 0 saturated heterocycles. The van der Waals surface area contributed by atoms with Crippen molar-refractivity contribution in [1.29, 1.82) is 5.26 Å². The SMILES string of the molecule is COc1cccc(F)c1CNC(=O)c1cc(-c2cnc(C(F)(F)F)cc2C#N)c(Cl)cc1OCCCC(=O)O. The van der Waals surface area contributed by atoms with Crippen LogP contribution in [0.15, 0.2) is 42.6 Å². The van der Waals surface area contributed by atoms with Gasteiger partial charge in [0, 0.05) is 41.9 Å². The van der Waals surface area contributed by atoms with Crippen LogP contribution < -0.4 is 14.8 Å². The lowest BCUT2D eigenvalue weighted by Gasteiger charge is -2.16. The number of nitrogens with one attached hydrogen (secondary N) is 1. The number of ether oxygens (including phenoxy) is 2. The number of rotatable bonds is 10. The Kier molecular flexibility index (Phi) is 9.32. The van der Waals surface area contributed by atoms with Crippen molar-refractivity contribution in [2.24, 2.45) is 0 Å². The number of nitriles is 1. The molecule has 13 heteroatoms. The van der Waals surface area contributed by atoms with Gasteiger partial charge in [-0.2, -0.15) is 18.4 Å². The van der Waals surface area contributed by atoms with Crippen LogP contribution in [0.2, 0.25) is 5.02 Å². The highest BCUT2D eigenvalue weighted by Gasteiger charge is 2.33. The third kappa shape index (κ3) is 7.14. The van der Waals surface area contributed by atoms with Crippen LogP contribution in [0, 0.1) is 17.1 Å². The van der Waals surface area contributed by atoms with E-state index >= 15 is 0 Å². The van der Waals surface area contributed by atoms with Crippen LogP contribution in [0.25, 0.3) is 11.1 Å². The van der Waals surface area contributed by atoms with E-state index in [4.69, 9.17) is 26.2 Å². The van der Waals surface area contributed by atoms with E-state index in [-0.39, 0.29) is 64.8 Å². The molecule has 0 fully saturated rings. The lowest BCUT2D eigenvalue weighted by molar-refractivity contribution is -0.141. The predicted molar refractivity (Wildman–Crippen MR) is 131 cm³/mol. The minimum Gasteiger partial charge on any atom is -0.496 e. The smallest absolute Gasteiger partial charge is 0.433 e. The number of aromatic nitrogens is 1. The van der Waals surface area contributed by atoms with Crippen LogP contribution in [0.3, 0.4) is 0 Å². The zero-order valence-electron chi connectivity index (χ0n) is 20.2. The first-order valence-electron chi connectivity index (χ1n) is 11.2. The molecule has 3 rings (SSSR count). The highest BCUT2D eigenvalue weighted by molar-refractivity contribution is 6.33. The Morgan fingerprint density at radius 1 is 1.18 bits per heavy atom. The van der Waals surface area contributed by atoms with E-state index in [1.807, 2.05) is 0 Å². The Balaban J connectivity index is 2.03. The summed E-state index contributed by atoms with van der Waals surface area (Å²) in [6, 6.07) is 8.77. The Morgan fingerprint density at radius 2 is 1.92 bits per heavy atom. The van der Waals surface area contributed by atoms with Gasteiger partial charge in [0.2, 0.25) is 0 Å². The maximum Gasteiger partial charge on any atom is 0.433 e. The van der Waals surface area contributed by atoms with E-state index in [2.05, 4.69) is 10.3 Å². The summed E-state index contributed by atoms with van der Waals surface area (Å²) in [6.45, 7) is -0.398. The van der Waals surface area contributed by atoms with Crippen molar-refractivity contribution in [2.75, 3.05) is 13.7 Å². The monoisotopic (exact) mass is 565 g/mol. The third-order valence-electron chi connectivity index (χ3n) is 5.43. The van der Waals surface area contributed by atoms with Crippen LogP contribution in [0.5, 0.6) is 11.5 Å². The van der Waals surface area contributed by atoms with Crippen molar-refractivity contribution in [2.45, 2.75) is 25.6 Å². The molecule has 1 aromatic heterocycles. The zero-order chi connectivity index (χ0) is 28.7. The number of carboxylic acids is 1. The van der Waals surface area contributed by atoms with Crippen molar-refractivity contribution in [3.05, 3.63) is 75.8 Å². The minimum absolute atomic E-state index is 0.0148. The van der Waals surface area contributed by atoms with E-state index < -0.39 is 35.1 Å². The maximum absolute atomic E-state index is 14.3. The highest BCUT2D eigenvalue weighted by Crippen LogP contribution is 2.37. The number of carboxylic acid groups (broad SMARTS) is 1. The molecule has 204 valence electrons. The number of amides is 1. The predicted octanol–water partition coefficient (Wildman–Crippen LogP) is 5.61. The van der Waals surface area contributed by atoms with Crippen molar-refractivity contribution in [3.8, 4) is 28.7 Å². The molecule has 8 nitrogen and oxygen atoms in total. The third-order valence-corrected chi connectivity index (χ3v) is 5.75. The number of benzene rings is 2. The van der Waals surface area contributed by atoms with E-state index in [0.717, 1.165) is 6.20 Å². The Bertz CT molecular complexity index is 1440. The molecule has 1 amide bonds. The van der Waals surface area contributed by atoms with E-state index in [1.54, 1.807) is 6.07 Å². The van der Waals surface area contributed by atoms with Crippen LogP contribution in [-0.4, -0.2) is 35.7 Å². The molecule has 1 heterocycles. The summed E-state index contributed by atoms with van der Waals surface area (Å²) in [6.07, 6.45) is -4.07. The lowest BCUT2D eigenvalue weighted by Crippen LogP contribution is -2.24. The fourth-order valence-electron chi connectivity index (χ4n) is 3.55. The first-order chi connectivity index (χ1) is 18.5. The fourth-order valence-corrected chi connectivity index (χ4v) is 3.80. The molecule has 2 aromatic carbocycles. The van der Waals surface area contributed by atoms with Crippen LogP contribution in [0.4, 0.5) is 17.6 Å². The van der Waals surface area contributed by atoms with Gasteiger partial charge < -0.3 is 19.9 Å². The van der Waals surface area contributed by atoms with Crippen molar-refractivity contribution in [3.63, 3.8) is 0 Å². The number of nitrogens with zero attached hydrogens (tertiary/aromatic N) is 2. The molecular weight excluding hydrogens is 546 g/mol. The average Bonchev–Trinajstić information content (AvgIpc) is 2.89. The van der Waals surface area contributed by atoms with Gasteiger partial charge in [-0.1, -0.05) is 17.7 Å². The molecule has 0 aliphatic carbocycles. The molecular formula is C26H20ClF4N3O5. The molecule has 0 atom stereocenters. The van der Waals surface area contributed by atoms with E-state index in [9.17, 15) is 32.4 Å². The molecule has 3 aromatic rings. The number of alkyl halides is 3. The number of carbonyl (C=O) groups is 2. The number of hydrogen-bond acceptors (Lipinski definition) is 6. The molecule has 0 aliphatic heterocycles. The number of halogens is 5. The molecule has 0 spiro atoms. The zero-order valence-corrected chi connectivity index (χ0v) is 21.0. The number of methoxy groups -OCH3 is 1. The standard InChI is InChI=1S/C26H20ClF4N3O5/c1-38-21-5-2-4-20(28)18(21)13-34-25(37)16-9-15(19(27)10-22(16)39-7-3-6-24(35)36)17-12-33-23(26(29,30)31)8-14(17)11-32/h2,4-5,8-10,12H,3,6-7,13H2,1H3,(H,34,37)(H,35,36). The molecule has 0 radical (unpaired) electrons. The summed E-state index contributed by atoms with van der Waals surface area (Å²) in [7, 11) is 1.33. The Labute approximate surface area is 224 Å². The quantitative estimate of drug-likeness (QED) is 0.242. The summed E-state index contributed by atoms with van der Waals surface area (Å²) in [5.74, 6) is -2.34. The molecule has 39 heavy (non-hydrogen) atoms. The Hall–Kier alpha value is -4.37. The van der Waals surface area contributed by atoms with Crippen LogP contribution >= 0.6 is 11.6 Å². The van der Waals surface area contributed by atoms with Gasteiger partial charge in [-0.25, -0.2) is 4.39 Å². The topological polar surface area (TPSA) is 122 Å². The van der Waals surface area contributed by atoms with Gasteiger partial charge in [0.1, 0.15) is 23.0 Å². The number of aliphatic carboxylic acids is 1. The van der Waals surface area contributed by atoms with Gasteiger partial charge in [-0.15, -0.1) is 0 Å². The van der Waals surface area contributed by atoms with Crippen LogP contribution in [0.1, 0.15) is 40.0 Å². The second-order valence-corrected chi connectivity index (χ2v) is 8.41. The van der Waals surface area contributed by atoms with Crippen molar-refractivity contribution in [1.82, 2.24) is 10.3 Å². The van der Waals surface area contributed by atoms with E-state index in [1.165, 1.54) is 37.4 Å². The van der Waals surface area contributed by atoms with Gasteiger partial charge in [0.25, 0.3) is 5.91 Å². The number of pyridine rings is 1.